The van der Waals surface area contributed by atoms with Crippen molar-refractivity contribution in [3.8, 4) is 0 Å². The Labute approximate surface area is 103 Å². The molecule has 2 rings (SSSR count). The minimum absolute atomic E-state index is 0.0855. The molecule has 1 heterocycles. The number of carboxylic acids is 1. The maximum atomic E-state index is 10.8. The van der Waals surface area contributed by atoms with Crippen LogP contribution in [-0.2, 0) is 0 Å². The number of rotatable bonds is 4. The van der Waals surface area contributed by atoms with E-state index in [4.69, 9.17) is 16.7 Å². The van der Waals surface area contributed by atoms with Crippen molar-refractivity contribution in [2.45, 2.75) is 25.8 Å². The van der Waals surface area contributed by atoms with Crippen LogP contribution >= 0.6 is 22.9 Å². The molecule has 0 aromatic carbocycles. The van der Waals surface area contributed by atoms with E-state index in [0.717, 1.165) is 11.3 Å². The smallest absolute Gasteiger partial charge is 0.349 e. The zero-order chi connectivity index (χ0) is 11.9. The van der Waals surface area contributed by atoms with E-state index < -0.39 is 5.97 Å². The zero-order valence-corrected chi connectivity index (χ0v) is 10.7. The number of carboxylic acid groups (broad SMARTS) is 1. The van der Waals surface area contributed by atoms with Crippen LogP contribution in [0.5, 0.6) is 0 Å². The van der Waals surface area contributed by atoms with Crippen LogP contribution in [0.1, 0.15) is 29.4 Å². The van der Waals surface area contributed by atoms with Gasteiger partial charge in [0.05, 0.1) is 0 Å². The van der Waals surface area contributed by atoms with Gasteiger partial charge in [-0.15, -0.1) is 0 Å². The summed E-state index contributed by atoms with van der Waals surface area (Å²) in [6.45, 7) is 2.13. The fourth-order valence-electron chi connectivity index (χ4n) is 1.64. The molecule has 1 saturated carbocycles. The molecule has 1 aliphatic carbocycles. The summed E-state index contributed by atoms with van der Waals surface area (Å²) >= 11 is 6.91. The van der Waals surface area contributed by atoms with Crippen LogP contribution < -0.4 is 4.90 Å². The van der Waals surface area contributed by atoms with Crippen molar-refractivity contribution in [1.82, 2.24) is 4.98 Å². The molecule has 1 atom stereocenters. The minimum atomic E-state index is -1.01. The number of halogens is 1. The Hall–Kier alpha value is -0.810. The van der Waals surface area contributed by atoms with Gasteiger partial charge < -0.3 is 10.0 Å². The summed E-state index contributed by atoms with van der Waals surface area (Å²) < 4.78 is 0. The molecule has 1 aliphatic rings. The lowest BCUT2D eigenvalue weighted by molar-refractivity contribution is 0.0702. The van der Waals surface area contributed by atoms with Crippen molar-refractivity contribution >= 4 is 34.0 Å². The van der Waals surface area contributed by atoms with Crippen LogP contribution in [0.3, 0.4) is 0 Å². The second-order valence-electron chi connectivity index (χ2n) is 4.11. The van der Waals surface area contributed by atoms with Crippen molar-refractivity contribution in [1.29, 1.82) is 0 Å². The molecule has 0 spiro atoms. The second-order valence-corrected chi connectivity index (χ2v) is 5.45. The van der Waals surface area contributed by atoms with Gasteiger partial charge in [-0.25, -0.2) is 9.78 Å². The van der Waals surface area contributed by atoms with Crippen LogP contribution in [0.2, 0.25) is 5.15 Å². The fourth-order valence-corrected chi connectivity index (χ4v) is 2.82. The number of hydrogen-bond donors (Lipinski definition) is 1. The van der Waals surface area contributed by atoms with Gasteiger partial charge in [0.25, 0.3) is 0 Å². The molecule has 6 heteroatoms. The van der Waals surface area contributed by atoms with Gasteiger partial charge in [-0.1, -0.05) is 22.9 Å². The highest BCUT2D eigenvalue weighted by atomic mass is 35.5. The number of hydrogen-bond acceptors (Lipinski definition) is 4. The normalized spacial score (nSPS) is 17.2. The summed E-state index contributed by atoms with van der Waals surface area (Å²) in [4.78, 5) is 17.1. The summed E-state index contributed by atoms with van der Waals surface area (Å²) in [5.74, 6) is -0.304. The molecular formula is C10H13ClN2O2S. The fraction of sp³-hybridized carbons (Fsp3) is 0.600. The Balaban J connectivity index is 2.19. The van der Waals surface area contributed by atoms with E-state index in [1.807, 2.05) is 11.9 Å². The summed E-state index contributed by atoms with van der Waals surface area (Å²) in [7, 11) is 1.93. The van der Waals surface area contributed by atoms with E-state index in [-0.39, 0.29) is 10.0 Å². The van der Waals surface area contributed by atoms with E-state index in [0.29, 0.717) is 17.1 Å². The summed E-state index contributed by atoms with van der Waals surface area (Å²) in [6.07, 6.45) is 2.49. The van der Waals surface area contributed by atoms with E-state index in [9.17, 15) is 4.79 Å². The third kappa shape index (κ3) is 2.15. The first-order valence-corrected chi connectivity index (χ1v) is 6.32. The average Bonchev–Trinajstić information content (AvgIpc) is 2.99. The third-order valence-corrected chi connectivity index (χ3v) is 4.51. The van der Waals surface area contributed by atoms with Gasteiger partial charge in [-0.3, -0.25) is 0 Å². The molecule has 1 aromatic heterocycles. The quantitative estimate of drug-likeness (QED) is 0.904. The highest BCUT2D eigenvalue weighted by Crippen LogP contribution is 2.38. The summed E-state index contributed by atoms with van der Waals surface area (Å²) in [6, 6.07) is 0.392. The van der Waals surface area contributed by atoms with Crippen LogP contribution in [0.25, 0.3) is 0 Å². The number of thiazole rings is 1. The van der Waals surface area contributed by atoms with Crippen LogP contribution in [0, 0.1) is 5.92 Å². The first-order valence-electron chi connectivity index (χ1n) is 5.13. The molecule has 0 bridgehead atoms. The summed E-state index contributed by atoms with van der Waals surface area (Å²) in [5, 5.41) is 9.66. The molecule has 1 N–H and O–H groups in total. The first kappa shape index (κ1) is 11.7. The predicted molar refractivity (Wildman–Crippen MR) is 64.7 cm³/mol. The lowest BCUT2D eigenvalue weighted by Crippen LogP contribution is -2.30. The number of aromatic carboxylic acids is 1. The topological polar surface area (TPSA) is 53.4 Å². The van der Waals surface area contributed by atoms with Gasteiger partial charge in [0.1, 0.15) is 0 Å². The largest absolute Gasteiger partial charge is 0.477 e. The highest BCUT2D eigenvalue weighted by Gasteiger charge is 2.32. The van der Waals surface area contributed by atoms with Crippen LogP contribution in [0.4, 0.5) is 5.13 Å². The molecular weight excluding hydrogens is 248 g/mol. The van der Waals surface area contributed by atoms with Crippen molar-refractivity contribution < 1.29 is 9.90 Å². The van der Waals surface area contributed by atoms with Gasteiger partial charge in [0.15, 0.2) is 15.2 Å². The molecule has 0 amide bonds. The number of anilines is 1. The lowest BCUT2D eigenvalue weighted by atomic mass is 10.2. The van der Waals surface area contributed by atoms with Gasteiger partial charge in [-0.2, -0.15) is 0 Å². The van der Waals surface area contributed by atoms with Gasteiger partial charge in [0, 0.05) is 13.1 Å². The van der Waals surface area contributed by atoms with Crippen molar-refractivity contribution in [2.75, 3.05) is 11.9 Å². The van der Waals surface area contributed by atoms with Gasteiger partial charge >= 0.3 is 5.97 Å². The first-order chi connectivity index (χ1) is 7.50. The molecule has 16 heavy (non-hydrogen) atoms. The predicted octanol–water partition coefficient (Wildman–Crippen LogP) is 2.73. The van der Waals surface area contributed by atoms with Crippen molar-refractivity contribution in [3.63, 3.8) is 0 Å². The second kappa shape index (κ2) is 4.22. The molecule has 0 saturated heterocycles. The van der Waals surface area contributed by atoms with Gasteiger partial charge in [-0.05, 0) is 25.7 Å². The number of nitrogens with zero attached hydrogens (tertiary/aromatic N) is 2. The van der Waals surface area contributed by atoms with Crippen molar-refractivity contribution in [2.24, 2.45) is 5.92 Å². The molecule has 4 nitrogen and oxygen atoms in total. The lowest BCUT2D eigenvalue weighted by Gasteiger charge is -2.23. The SMILES string of the molecule is CC(C1CC1)N(C)c1nc(Cl)c(C(=O)O)s1. The summed E-state index contributed by atoms with van der Waals surface area (Å²) in [5.41, 5.74) is 0. The molecule has 1 aromatic rings. The number of carbonyl (C=O) groups is 1. The molecule has 0 radical (unpaired) electrons. The molecule has 0 aliphatic heterocycles. The van der Waals surface area contributed by atoms with E-state index >= 15 is 0 Å². The van der Waals surface area contributed by atoms with E-state index in [2.05, 4.69) is 11.9 Å². The zero-order valence-electron chi connectivity index (χ0n) is 9.11. The van der Waals surface area contributed by atoms with Gasteiger partial charge in [0.2, 0.25) is 0 Å². The number of aromatic nitrogens is 1. The van der Waals surface area contributed by atoms with Crippen molar-refractivity contribution in [3.05, 3.63) is 10.0 Å². The highest BCUT2D eigenvalue weighted by molar-refractivity contribution is 7.18. The Morgan fingerprint density at radius 2 is 2.31 bits per heavy atom. The average molecular weight is 261 g/mol. The standard InChI is InChI=1S/C10H13ClN2O2S/c1-5(6-3-4-6)13(2)10-12-8(11)7(16-10)9(14)15/h5-6H,3-4H2,1-2H3,(H,14,15). The molecule has 88 valence electrons. The van der Waals surface area contributed by atoms with E-state index in [1.165, 1.54) is 12.8 Å². The Kier molecular flexibility index (Phi) is 3.08. The Bertz CT molecular complexity index is 417. The van der Waals surface area contributed by atoms with Crippen LogP contribution in [-0.4, -0.2) is 29.1 Å². The minimum Gasteiger partial charge on any atom is -0.477 e. The monoisotopic (exact) mass is 260 g/mol. The van der Waals surface area contributed by atoms with Crippen LogP contribution in [0.15, 0.2) is 0 Å². The Morgan fingerprint density at radius 1 is 1.69 bits per heavy atom. The maximum absolute atomic E-state index is 10.8. The Morgan fingerprint density at radius 3 is 2.75 bits per heavy atom. The maximum Gasteiger partial charge on any atom is 0.349 e. The third-order valence-electron chi connectivity index (χ3n) is 2.99. The molecule has 1 fully saturated rings. The molecule has 1 unspecified atom stereocenters. The van der Waals surface area contributed by atoms with E-state index in [1.54, 1.807) is 0 Å².